The van der Waals surface area contributed by atoms with Gasteiger partial charge in [0.1, 0.15) is 0 Å². The number of carbonyl (C=O) groups is 2. The van der Waals surface area contributed by atoms with Crippen molar-refractivity contribution in [1.29, 1.82) is 0 Å². The molecular weight excluding hydrogens is 895 g/mol. The van der Waals surface area contributed by atoms with Crippen LogP contribution in [0.2, 0.25) is 0 Å². The Bertz CT molecular complexity index is 1240. The maximum atomic E-state index is 14.9. The van der Waals surface area contributed by atoms with Crippen LogP contribution in [0, 0.1) is 0 Å². The first kappa shape index (κ1) is 67.0. The molecule has 0 unspecified atom stereocenters. The Morgan fingerprint density at radius 2 is 0.471 bits per heavy atom. The van der Waals surface area contributed by atoms with Gasteiger partial charge in [0.2, 0.25) is 0 Å². The van der Waals surface area contributed by atoms with Crippen LogP contribution in [0.25, 0.3) is 0 Å². The molecule has 0 atom stereocenters. The minimum atomic E-state index is -2.91. The van der Waals surface area contributed by atoms with Gasteiger partial charge >= 0.3 is 389 Å². The van der Waals surface area contributed by atoms with E-state index in [1.54, 1.807) is 0 Å². The standard InChI is InChI=1S/C64H124O4P2/c1-9-17-25-27-29-31-33-35-37-39-41-43-45-47-58-69(52-19-11-3,53-20-12-4,54-21-13-5)67-63(65)61-50-49-51-62(60-61)64(66)68-70(55-22-14-6,56-23-15-7,57-24-16-8)59-48-46-44-42-40-38-36-34-32-30-28-26-18-10-2/h49-51,60H,9-48,52-59H2,1-8H3. The number of hydrogen-bond acceptors (Lipinski definition) is 4. The summed E-state index contributed by atoms with van der Waals surface area (Å²) in [6.07, 6.45) is 59.7. The molecule has 0 aliphatic rings. The number of rotatable bonds is 52. The third-order valence-electron chi connectivity index (χ3n) is 16.6. The van der Waals surface area contributed by atoms with Crippen molar-refractivity contribution in [1.82, 2.24) is 0 Å². The van der Waals surface area contributed by atoms with Gasteiger partial charge in [-0.3, -0.25) is 0 Å². The van der Waals surface area contributed by atoms with E-state index in [9.17, 15) is 9.59 Å². The second-order valence-corrected chi connectivity index (χ2v) is 34.5. The molecule has 0 heterocycles. The van der Waals surface area contributed by atoms with E-state index in [-0.39, 0.29) is 11.9 Å². The molecule has 0 saturated carbocycles. The van der Waals surface area contributed by atoms with Gasteiger partial charge < -0.3 is 0 Å². The number of unbranched alkanes of at least 4 members (excludes halogenated alkanes) is 32. The van der Waals surface area contributed by atoms with Gasteiger partial charge in [-0.05, 0) is 0 Å². The van der Waals surface area contributed by atoms with Crippen molar-refractivity contribution in [2.75, 3.05) is 49.3 Å². The molecule has 0 radical (unpaired) electrons. The Hall–Kier alpha value is -0.980. The summed E-state index contributed by atoms with van der Waals surface area (Å²) in [6.45, 7) is 12.6. The summed E-state index contributed by atoms with van der Waals surface area (Å²) in [7, 11) is 0. The van der Waals surface area contributed by atoms with Gasteiger partial charge in [-0.2, -0.15) is 0 Å². The van der Waals surface area contributed by atoms with Crippen LogP contribution in [0.15, 0.2) is 24.3 Å². The molecule has 1 aromatic rings. The summed E-state index contributed by atoms with van der Waals surface area (Å²) in [5.74, 6) is -0.382. The molecule has 0 saturated heterocycles. The van der Waals surface area contributed by atoms with Gasteiger partial charge in [0.05, 0.1) is 0 Å². The number of hydrogen-bond donors (Lipinski definition) is 0. The Labute approximate surface area is 439 Å². The fourth-order valence-corrected chi connectivity index (χ4v) is 25.1. The molecule has 414 valence electrons. The molecule has 0 aliphatic heterocycles. The molecule has 0 bridgehead atoms. The first-order valence-corrected chi connectivity index (χ1v) is 37.5. The third-order valence-corrected chi connectivity index (χ3v) is 29.6. The topological polar surface area (TPSA) is 52.6 Å². The van der Waals surface area contributed by atoms with Gasteiger partial charge in [0, 0.05) is 0 Å². The molecule has 0 aliphatic carbocycles. The SMILES string of the molecule is CCCCCCCCCCCCCCCCP(CCCC)(CCCC)(CCCC)OC(=O)c1cccc(C(=O)OP(CCCC)(CCCC)(CCCC)CCCCCCCCCCCCCCCC)c1. The summed E-state index contributed by atoms with van der Waals surface area (Å²) >= 11 is 0. The molecule has 0 N–H and O–H groups in total. The quantitative estimate of drug-likeness (QED) is 0.0482. The second-order valence-electron chi connectivity index (χ2n) is 23.2. The summed E-state index contributed by atoms with van der Waals surface area (Å²) in [5.41, 5.74) is 1.08. The summed E-state index contributed by atoms with van der Waals surface area (Å²) in [5, 5.41) is 0. The Balaban J connectivity index is 3.25. The Morgan fingerprint density at radius 1 is 0.286 bits per heavy atom. The van der Waals surface area contributed by atoms with Crippen LogP contribution < -0.4 is 0 Å². The van der Waals surface area contributed by atoms with Gasteiger partial charge in [-0.15, -0.1) is 0 Å². The van der Waals surface area contributed by atoms with Gasteiger partial charge in [0.15, 0.2) is 0 Å². The van der Waals surface area contributed by atoms with Crippen molar-refractivity contribution < 1.29 is 18.6 Å². The molecule has 70 heavy (non-hydrogen) atoms. The van der Waals surface area contributed by atoms with E-state index >= 15 is 0 Å². The fraction of sp³-hybridized carbons (Fsp3) is 0.875. The Kier molecular flexibility index (Phi) is 40.5. The molecule has 4 nitrogen and oxygen atoms in total. The molecule has 0 spiro atoms. The van der Waals surface area contributed by atoms with Crippen LogP contribution in [0.5, 0.6) is 0 Å². The first-order valence-electron chi connectivity index (χ1n) is 31.7. The van der Waals surface area contributed by atoms with Gasteiger partial charge in [-0.1, -0.05) is 52.4 Å². The van der Waals surface area contributed by atoms with E-state index in [4.69, 9.17) is 9.05 Å². The normalized spacial score (nSPS) is 13.2. The molecule has 0 fully saturated rings. The third kappa shape index (κ3) is 28.6. The monoisotopic (exact) mass is 1020 g/mol. The maximum absolute atomic E-state index is 14.9. The molecule has 0 aromatic heterocycles. The molecular formula is C64H124O4P2. The number of carbonyl (C=O) groups excluding carboxylic acids is 2. The zero-order valence-electron chi connectivity index (χ0n) is 48.8. The molecule has 1 rings (SSSR count). The first-order chi connectivity index (χ1) is 34.1. The summed E-state index contributed by atoms with van der Waals surface area (Å²) in [4.78, 5) is 29.8. The van der Waals surface area contributed by atoms with Crippen LogP contribution >= 0.6 is 13.7 Å². The van der Waals surface area contributed by atoms with Crippen LogP contribution in [0.3, 0.4) is 0 Å². The zero-order chi connectivity index (χ0) is 51.4. The van der Waals surface area contributed by atoms with Crippen LogP contribution in [0.1, 0.15) is 333 Å². The van der Waals surface area contributed by atoms with E-state index in [0.717, 1.165) is 139 Å². The van der Waals surface area contributed by atoms with Gasteiger partial charge in [-0.25, -0.2) is 0 Å². The van der Waals surface area contributed by atoms with Crippen molar-refractivity contribution in [2.45, 2.75) is 312 Å². The van der Waals surface area contributed by atoms with Crippen molar-refractivity contribution >= 4 is 25.6 Å². The average Bonchev–Trinajstić information content (AvgIpc) is 3.38. The van der Waals surface area contributed by atoms with Crippen molar-refractivity contribution in [3.8, 4) is 0 Å². The summed E-state index contributed by atoms with van der Waals surface area (Å²) < 4.78 is 14.7. The van der Waals surface area contributed by atoms with E-state index < -0.39 is 13.7 Å². The number of benzene rings is 1. The van der Waals surface area contributed by atoms with E-state index in [0.29, 0.717) is 11.1 Å². The zero-order valence-corrected chi connectivity index (χ0v) is 50.6. The van der Waals surface area contributed by atoms with E-state index in [2.05, 4.69) is 55.4 Å². The van der Waals surface area contributed by atoms with Crippen LogP contribution in [-0.2, 0) is 9.05 Å². The van der Waals surface area contributed by atoms with Crippen molar-refractivity contribution in [3.63, 3.8) is 0 Å². The van der Waals surface area contributed by atoms with E-state index in [1.807, 2.05) is 24.3 Å². The van der Waals surface area contributed by atoms with Crippen molar-refractivity contribution in [3.05, 3.63) is 35.4 Å². The molecule has 1 aromatic carbocycles. The fourth-order valence-electron chi connectivity index (χ4n) is 11.8. The van der Waals surface area contributed by atoms with Gasteiger partial charge in [0.25, 0.3) is 0 Å². The average molecular weight is 1020 g/mol. The second kappa shape index (κ2) is 42.3. The molecule has 6 heteroatoms. The van der Waals surface area contributed by atoms with Crippen LogP contribution in [0.4, 0.5) is 0 Å². The predicted octanol–water partition coefficient (Wildman–Crippen LogP) is 22.7. The predicted molar refractivity (Wildman–Crippen MR) is 320 cm³/mol. The van der Waals surface area contributed by atoms with E-state index in [1.165, 1.54) is 167 Å². The Morgan fingerprint density at radius 3 is 0.686 bits per heavy atom. The molecule has 0 amide bonds. The van der Waals surface area contributed by atoms with Crippen molar-refractivity contribution in [2.24, 2.45) is 0 Å². The van der Waals surface area contributed by atoms with Crippen LogP contribution in [-0.4, -0.2) is 61.2 Å². The summed E-state index contributed by atoms with van der Waals surface area (Å²) in [6, 6.07) is 7.61. The minimum absolute atomic E-state index is 0.191.